The van der Waals surface area contributed by atoms with E-state index in [4.69, 9.17) is 0 Å². The summed E-state index contributed by atoms with van der Waals surface area (Å²) in [5, 5.41) is 0. The number of aryl methyl sites for hydroxylation is 3. The van der Waals surface area contributed by atoms with Crippen LogP contribution in [0, 0.1) is 0 Å². The summed E-state index contributed by atoms with van der Waals surface area (Å²) in [4.78, 5) is 32.6. The number of rotatable bonds is 3. The van der Waals surface area contributed by atoms with Crippen molar-refractivity contribution in [2.75, 3.05) is 13.1 Å². The van der Waals surface area contributed by atoms with Gasteiger partial charge in [0, 0.05) is 33.1 Å². The molecule has 3 aromatic rings. The van der Waals surface area contributed by atoms with E-state index in [-0.39, 0.29) is 18.0 Å². The molecule has 31 heavy (non-hydrogen) atoms. The fourth-order valence-corrected chi connectivity index (χ4v) is 6.35. The molecular formula is C21H25N5O4S. The van der Waals surface area contributed by atoms with Gasteiger partial charge in [-0.3, -0.25) is 13.9 Å². The van der Waals surface area contributed by atoms with Gasteiger partial charge in [0.1, 0.15) is 11.3 Å². The first-order valence-electron chi connectivity index (χ1n) is 10.5. The number of hydrogen-bond donors (Lipinski definition) is 1. The zero-order valence-corrected chi connectivity index (χ0v) is 18.4. The monoisotopic (exact) mass is 443 g/mol. The van der Waals surface area contributed by atoms with Gasteiger partial charge in [-0.1, -0.05) is 6.07 Å². The van der Waals surface area contributed by atoms with Crippen molar-refractivity contribution in [2.45, 2.75) is 42.9 Å². The minimum atomic E-state index is -3.61. The molecule has 1 aromatic carbocycles. The molecule has 0 radical (unpaired) electrons. The molecule has 1 unspecified atom stereocenters. The second-order valence-corrected chi connectivity index (χ2v) is 10.5. The Kier molecular flexibility index (Phi) is 4.67. The molecule has 0 saturated carbocycles. The second-order valence-electron chi connectivity index (χ2n) is 8.51. The summed E-state index contributed by atoms with van der Waals surface area (Å²) in [5.41, 5.74) is 2.05. The highest BCUT2D eigenvalue weighted by atomic mass is 32.2. The Morgan fingerprint density at radius 1 is 1.06 bits per heavy atom. The van der Waals surface area contributed by atoms with Crippen molar-refractivity contribution >= 4 is 21.2 Å². The maximum absolute atomic E-state index is 13.3. The molecular weight excluding hydrogens is 418 g/mol. The summed E-state index contributed by atoms with van der Waals surface area (Å²) in [6.07, 6.45) is 4.45. The molecule has 2 aromatic heterocycles. The molecule has 1 saturated heterocycles. The van der Waals surface area contributed by atoms with Crippen LogP contribution in [0.25, 0.3) is 11.2 Å². The minimum Gasteiger partial charge on any atom is -0.336 e. The summed E-state index contributed by atoms with van der Waals surface area (Å²) in [7, 11) is -0.617. The quantitative estimate of drug-likeness (QED) is 0.650. The number of hydrogen-bond acceptors (Lipinski definition) is 5. The van der Waals surface area contributed by atoms with Gasteiger partial charge < -0.3 is 4.98 Å². The van der Waals surface area contributed by atoms with Gasteiger partial charge >= 0.3 is 5.69 Å². The van der Waals surface area contributed by atoms with Gasteiger partial charge in [0.05, 0.1) is 4.90 Å². The fraction of sp³-hybridized carbons (Fsp3) is 0.476. The number of H-pyrrole nitrogens is 1. The number of aromatic nitrogens is 4. The average Bonchev–Trinajstić information content (AvgIpc) is 3.43. The standard InChI is InChI=1S/C21H25N5O4S/c1-24-19-17(20(27)25(2)21(24)28)22-18(23-19)15-7-4-10-26(12-15)31(29,30)16-9-8-13-5-3-6-14(13)11-16/h8-9,11,15H,3-7,10,12H2,1-2H3,(H,22,23). The van der Waals surface area contributed by atoms with Crippen LogP contribution in [0.3, 0.4) is 0 Å². The number of aromatic amines is 1. The van der Waals surface area contributed by atoms with E-state index in [1.54, 1.807) is 13.1 Å². The summed E-state index contributed by atoms with van der Waals surface area (Å²) in [6, 6.07) is 5.47. The summed E-state index contributed by atoms with van der Waals surface area (Å²) in [5.74, 6) is 0.368. The van der Waals surface area contributed by atoms with Crippen LogP contribution in [0.4, 0.5) is 0 Å². The van der Waals surface area contributed by atoms with Crippen LogP contribution in [0.2, 0.25) is 0 Å². The lowest BCUT2D eigenvalue weighted by Gasteiger charge is -2.31. The first kappa shape index (κ1) is 20.2. The predicted molar refractivity (Wildman–Crippen MR) is 116 cm³/mol. The maximum atomic E-state index is 13.3. The Balaban J connectivity index is 1.48. The zero-order valence-electron chi connectivity index (χ0n) is 17.6. The number of benzene rings is 1. The second kappa shape index (κ2) is 7.16. The summed E-state index contributed by atoms with van der Waals surface area (Å²) in [6.45, 7) is 0.740. The van der Waals surface area contributed by atoms with Crippen molar-refractivity contribution in [3.05, 3.63) is 56.0 Å². The Bertz CT molecular complexity index is 1420. The van der Waals surface area contributed by atoms with Crippen LogP contribution in [0.1, 0.15) is 42.1 Å². The van der Waals surface area contributed by atoms with E-state index in [0.717, 1.165) is 35.8 Å². The molecule has 164 valence electrons. The molecule has 2 aliphatic rings. The molecule has 1 aliphatic carbocycles. The Morgan fingerprint density at radius 2 is 1.84 bits per heavy atom. The average molecular weight is 444 g/mol. The van der Waals surface area contributed by atoms with Gasteiger partial charge in [-0.25, -0.2) is 18.2 Å². The van der Waals surface area contributed by atoms with Crippen molar-refractivity contribution in [3.63, 3.8) is 0 Å². The number of nitrogens with one attached hydrogen (secondary N) is 1. The maximum Gasteiger partial charge on any atom is 0.332 e. The molecule has 0 bridgehead atoms. The fourth-order valence-electron chi connectivity index (χ4n) is 4.78. The van der Waals surface area contributed by atoms with Crippen molar-refractivity contribution in [2.24, 2.45) is 14.1 Å². The number of sulfonamides is 1. The van der Waals surface area contributed by atoms with Gasteiger partial charge in [-0.05, 0) is 55.4 Å². The van der Waals surface area contributed by atoms with Gasteiger partial charge in [-0.15, -0.1) is 0 Å². The molecule has 10 heteroatoms. The van der Waals surface area contributed by atoms with E-state index in [1.807, 2.05) is 12.1 Å². The summed E-state index contributed by atoms with van der Waals surface area (Å²) >= 11 is 0. The highest BCUT2D eigenvalue weighted by Gasteiger charge is 2.33. The van der Waals surface area contributed by atoms with Crippen LogP contribution in [-0.4, -0.2) is 44.9 Å². The largest absolute Gasteiger partial charge is 0.336 e. The Morgan fingerprint density at radius 3 is 2.65 bits per heavy atom. The molecule has 1 aliphatic heterocycles. The topological polar surface area (TPSA) is 110 Å². The first-order valence-corrected chi connectivity index (χ1v) is 12.0. The molecule has 1 N–H and O–H groups in total. The van der Waals surface area contributed by atoms with E-state index in [1.165, 1.54) is 21.5 Å². The van der Waals surface area contributed by atoms with E-state index in [2.05, 4.69) is 9.97 Å². The van der Waals surface area contributed by atoms with Crippen LogP contribution in [0.15, 0.2) is 32.7 Å². The molecule has 5 rings (SSSR count). The van der Waals surface area contributed by atoms with Crippen LogP contribution >= 0.6 is 0 Å². The number of nitrogens with zero attached hydrogens (tertiary/aromatic N) is 4. The molecule has 1 atom stereocenters. The molecule has 9 nitrogen and oxygen atoms in total. The van der Waals surface area contributed by atoms with Gasteiger partial charge in [0.15, 0.2) is 5.65 Å². The molecule has 3 heterocycles. The van der Waals surface area contributed by atoms with Crippen molar-refractivity contribution < 1.29 is 8.42 Å². The lowest BCUT2D eigenvalue weighted by atomic mass is 9.99. The van der Waals surface area contributed by atoms with Crippen LogP contribution < -0.4 is 11.2 Å². The minimum absolute atomic E-state index is 0.176. The Hall–Kier alpha value is -2.72. The smallest absolute Gasteiger partial charge is 0.332 e. The molecule has 0 amide bonds. The summed E-state index contributed by atoms with van der Waals surface area (Å²) < 4.78 is 30.5. The predicted octanol–water partition coefficient (Wildman–Crippen LogP) is 1.02. The molecule has 0 spiro atoms. The third kappa shape index (κ3) is 3.16. The zero-order chi connectivity index (χ0) is 21.9. The van der Waals surface area contributed by atoms with E-state index >= 15 is 0 Å². The Labute approximate surface area is 179 Å². The third-order valence-corrected chi connectivity index (χ3v) is 8.45. The lowest BCUT2D eigenvalue weighted by Crippen LogP contribution is -2.39. The van der Waals surface area contributed by atoms with Gasteiger partial charge in [-0.2, -0.15) is 4.31 Å². The number of piperidine rings is 1. The third-order valence-electron chi connectivity index (χ3n) is 6.59. The number of fused-ring (bicyclic) bond motifs is 2. The number of imidazole rings is 1. The highest BCUT2D eigenvalue weighted by Crippen LogP contribution is 2.31. The van der Waals surface area contributed by atoms with Crippen molar-refractivity contribution in [1.29, 1.82) is 0 Å². The van der Waals surface area contributed by atoms with Gasteiger partial charge in [0.25, 0.3) is 5.56 Å². The first-order chi connectivity index (χ1) is 14.8. The van der Waals surface area contributed by atoms with E-state index < -0.39 is 21.3 Å². The SMILES string of the molecule is Cn1c(=O)c2[nH]c(C3CCCN(S(=O)(=O)c4ccc5c(c4)CCC5)C3)nc2n(C)c1=O. The van der Waals surface area contributed by atoms with Crippen LogP contribution in [0.5, 0.6) is 0 Å². The van der Waals surface area contributed by atoms with Crippen molar-refractivity contribution in [1.82, 2.24) is 23.4 Å². The van der Waals surface area contributed by atoms with E-state index in [0.29, 0.717) is 29.3 Å². The normalized spacial score (nSPS) is 19.7. The molecule has 1 fully saturated rings. The van der Waals surface area contributed by atoms with Gasteiger partial charge in [0.2, 0.25) is 10.0 Å². The van der Waals surface area contributed by atoms with Crippen molar-refractivity contribution in [3.8, 4) is 0 Å². The van der Waals surface area contributed by atoms with Crippen LogP contribution in [-0.2, 0) is 37.0 Å². The van der Waals surface area contributed by atoms with E-state index in [9.17, 15) is 18.0 Å². The lowest BCUT2D eigenvalue weighted by molar-refractivity contribution is 0.310. The highest BCUT2D eigenvalue weighted by molar-refractivity contribution is 7.89.